The number of piperidine rings is 1. The van der Waals surface area contributed by atoms with Crippen LogP contribution in [0.15, 0.2) is 71.6 Å². The molecule has 0 bridgehead atoms. The summed E-state index contributed by atoms with van der Waals surface area (Å²) in [6, 6.07) is 19.5. The topological polar surface area (TPSA) is 70.0 Å². The number of benzene rings is 3. The fraction of sp³-hybridized carbons (Fsp3) is 0.321. The third-order valence-electron chi connectivity index (χ3n) is 6.86. The molecule has 5 rings (SSSR count). The van der Waals surface area contributed by atoms with Crippen LogP contribution >= 0.6 is 11.8 Å². The van der Waals surface area contributed by atoms with Crippen molar-refractivity contribution in [2.45, 2.75) is 29.6 Å². The predicted octanol–water partition coefficient (Wildman–Crippen LogP) is 5.24. The van der Waals surface area contributed by atoms with E-state index in [9.17, 15) is 15.0 Å². The van der Waals surface area contributed by atoms with Crippen LogP contribution in [-0.4, -0.2) is 52.9 Å². The Bertz CT molecular complexity index is 1160. The number of aromatic hydroxyl groups is 2. The molecule has 2 N–H and O–H groups in total. The summed E-state index contributed by atoms with van der Waals surface area (Å²) in [4.78, 5) is 17.4. The van der Waals surface area contributed by atoms with Gasteiger partial charge in [-0.25, -0.2) is 0 Å². The van der Waals surface area contributed by atoms with Crippen molar-refractivity contribution in [1.82, 2.24) is 4.90 Å². The molecule has 1 atom stereocenters. The zero-order chi connectivity index (χ0) is 23.5. The highest BCUT2D eigenvalue weighted by Gasteiger charge is 2.47. The summed E-state index contributed by atoms with van der Waals surface area (Å²) in [5.74, 6) is 1.64. The van der Waals surface area contributed by atoms with Crippen LogP contribution in [0.5, 0.6) is 17.2 Å². The van der Waals surface area contributed by atoms with Crippen molar-refractivity contribution < 1.29 is 19.7 Å². The van der Waals surface area contributed by atoms with Crippen molar-refractivity contribution in [2.75, 3.05) is 32.0 Å². The minimum absolute atomic E-state index is 0.00463. The molecule has 5 nitrogen and oxygen atoms in total. The number of hydrogen-bond acceptors (Lipinski definition) is 6. The third kappa shape index (κ3) is 4.40. The summed E-state index contributed by atoms with van der Waals surface area (Å²) in [6.45, 7) is 3.85. The molecule has 2 aliphatic rings. The SMILES string of the molecule is O=C(c1ccc(OCCN2CCCCC2)cc1)C1(c2ccc(O)cc2)CSc2cc(O)ccc21. The molecule has 1 saturated heterocycles. The molecule has 0 radical (unpaired) electrons. The molecule has 34 heavy (non-hydrogen) atoms. The summed E-state index contributed by atoms with van der Waals surface area (Å²) < 4.78 is 5.95. The van der Waals surface area contributed by atoms with Crippen molar-refractivity contribution >= 4 is 17.5 Å². The number of hydrogen-bond donors (Lipinski definition) is 2. The molecular formula is C28H29NO4S. The summed E-state index contributed by atoms with van der Waals surface area (Å²) >= 11 is 1.57. The third-order valence-corrected chi connectivity index (χ3v) is 8.08. The fourth-order valence-corrected chi connectivity index (χ4v) is 6.40. The molecule has 3 aromatic carbocycles. The Kier molecular flexibility index (Phi) is 6.53. The van der Waals surface area contributed by atoms with Gasteiger partial charge in [0.15, 0.2) is 5.78 Å². The average Bonchev–Trinajstić information content (AvgIpc) is 3.24. The van der Waals surface area contributed by atoms with Crippen molar-refractivity contribution in [2.24, 2.45) is 0 Å². The fourth-order valence-electron chi connectivity index (χ4n) is 4.98. The number of phenols is 2. The molecule has 0 aliphatic carbocycles. The lowest BCUT2D eigenvalue weighted by Gasteiger charge is -2.29. The van der Waals surface area contributed by atoms with Crippen LogP contribution in [0.1, 0.15) is 40.7 Å². The van der Waals surface area contributed by atoms with Crippen LogP contribution in [0.4, 0.5) is 0 Å². The first kappa shape index (κ1) is 22.8. The van der Waals surface area contributed by atoms with E-state index < -0.39 is 5.41 Å². The number of nitrogens with zero attached hydrogens (tertiary/aromatic N) is 1. The number of ether oxygens (including phenoxy) is 1. The van der Waals surface area contributed by atoms with Crippen LogP contribution in [0.25, 0.3) is 0 Å². The molecule has 1 unspecified atom stereocenters. The number of rotatable bonds is 7. The lowest BCUT2D eigenvalue weighted by molar-refractivity contribution is 0.0926. The number of fused-ring (bicyclic) bond motifs is 1. The number of carbonyl (C=O) groups excluding carboxylic acids is 1. The lowest BCUT2D eigenvalue weighted by Crippen LogP contribution is -2.37. The molecule has 176 valence electrons. The Morgan fingerprint density at radius 3 is 2.35 bits per heavy atom. The van der Waals surface area contributed by atoms with E-state index in [2.05, 4.69) is 4.90 Å². The number of phenolic OH excluding ortho intramolecular Hbond substituents is 2. The van der Waals surface area contributed by atoms with Crippen molar-refractivity contribution in [3.8, 4) is 17.2 Å². The van der Waals surface area contributed by atoms with Gasteiger partial charge in [-0.1, -0.05) is 24.6 Å². The Balaban J connectivity index is 1.39. The second-order valence-corrected chi connectivity index (χ2v) is 10.0. The van der Waals surface area contributed by atoms with Crippen molar-refractivity contribution in [1.29, 1.82) is 0 Å². The molecule has 0 aromatic heterocycles. The van der Waals surface area contributed by atoms with Gasteiger partial charge in [-0.3, -0.25) is 9.69 Å². The van der Waals surface area contributed by atoms with Gasteiger partial charge in [-0.05, 0) is 85.6 Å². The second kappa shape index (κ2) is 9.72. The summed E-state index contributed by atoms with van der Waals surface area (Å²) in [7, 11) is 0. The number of thioether (sulfide) groups is 1. The molecule has 2 aliphatic heterocycles. The van der Waals surface area contributed by atoms with E-state index in [0.29, 0.717) is 17.9 Å². The normalized spacial score (nSPS) is 20.1. The largest absolute Gasteiger partial charge is 0.508 e. The summed E-state index contributed by atoms with van der Waals surface area (Å²) in [5, 5.41) is 19.8. The predicted molar refractivity (Wildman–Crippen MR) is 134 cm³/mol. The van der Waals surface area contributed by atoms with Crippen molar-refractivity contribution in [3.05, 3.63) is 83.4 Å². The molecule has 0 spiro atoms. The molecule has 0 saturated carbocycles. The highest BCUT2D eigenvalue weighted by molar-refractivity contribution is 7.99. The van der Waals surface area contributed by atoms with Crippen LogP contribution in [0.2, 0.25) is 0 Å². The van der Waals surface area contributed by atoms with Crippen LogP contribution < -0.4 is 4.74 Å². The van der Waals surface area contributed by atoms with E-state index in [4.69, 9.17) is 4.74 Å². The first-order valence-electron chi connectivity index (χ1n) is 11.8. The van der Waals surface area contributed by atoms with Gasteiger partial charge in [0, 0.05) is 22.8 Å². The quantitative estimate of drug-likeness (QED) is 0.456. The standard InChI is InChI=1S/C28H29NO4S/c30-22-8-6-21(7-9-22)28(19-34-26-18-23(31)10-13-25(26)28)27(32)20-4-11-24(12-5-20)33-17-16-29-14-2-1-3-15-29/h4-13,18,30-31H,1-3,14-17,19H2. The first-order chi connectivity index (χ1) is 16.6. The monoisotopic (exact) mass is 475 g/mol. The van der Waals surface area contributed by atoms with Gasteiger partial charge in [-0.2, -0.15) is 0 Å². The van der Waals surface area contributed by atoms with Gasteiger partial charge in [0.1, 0.15) is 23.9 Å². The van der Waals surface area contributed by atoms with Crippen LogP contribution in [-0.2, 0) is 5.41 Å². The molecule has 1 fully saturated rings. The Hall–Kier alpha value is -2.96. The van der Waals surface area contributed by atoms with Crippen LogP contribution in [0.3, 0.4) is 0 Å². The smallest absolute Gasteiger partial charge is 0.178 e. The molecule has 2 heterocycles. The van der Waals surface area contributed by atoms with Crippen LogP contribution in [0, 0.1) is 0 Å². The Morgan fingerprint density at radius 1 is 0.912 bits per heavy atom. The number of Topliss-reactive ketones (excluding diaryl/α,β-unsaturated/α-hetero) is 1. The lowest BCUT2D eigenvalue weighted by atomic mass is 9.71. The zero-order valence-electron chi connectivity index (χ0n) is 19.1. The maximum absolute atomic E-state index is 14.0. The number of carbonyl (C=O) groups is 1. The Morgan fingerprint density at radius 2 is 1.62 bits per heavy atom. The summed E-state index contributed by atoms with van der Waals surface area (Å²) in [5.41, 5.74) is 1.43. The molecule has 3 aromatic rings. The Labute approximate surface area is 204 Å². The molecule has 6 heteroatoms. The first-order valence-corrected chi connectivity index (χ1v) is 12.8. The highest BCUT2D eigenvalue weighted by Crippen LogP contribution is 2.50. The van der Waals surface area contributed by atoms with Gasteiger partial charge in [-0.15, -0.1) is 11.8 Å². The van der Waals surface area contributed by atoms with E-state index >= 15 is 0 Å². The minimum Gasteiger partial charge on any atom is -0.508 e. The molecular weight excluding hydrogens is 446 g/mol. The van der Waals surface area contributed by atoms with Gasteiger partial charge < -0.3 is 14.9 Å². The number of ketones is 1. The van der Waals surface area contributed by atoms with E-state index in [1.165, 1.54) is 19.3 Å². The van der Waals surface area contributed by atoms with E-state index in [0.717, 1.165) is 41.4 Å². The van der Waals surface area contributed by atoms with Gasteiger partial charge >= 0.3 is 0 Å². The second-order valence-electron chi connectivity index (χ2n) is 9.03. The molecule has 0 amide bonds. The zero-order valence-corrected chi connectivity index (χ0v) is 19.9. The highest BCUT2D eigenvalue weighted by atomic mass is 32.2. The summed E-state index contributed by atoms with van der Waals surface area (Å²) in [6.07, 6.45) is 3.85. The minimum atomic E-state index is -0.891. The van der Waals surface area contributed by atoms with E-state index in [1.54, 1.807) is 36.0 Å². The van der Waals surface area contributed by atoms with Gasteiger partial charge in [0.05, 0.1) is 5.41 Å². The van der Waals surface area contributed by atoms with E-state index in [1.807, 2.05) is 42.5 Å². The van der Waals surface area contributed by atoms with E-state index in [-0.39, 0.29) is 17.3 Å². The number of likely N-dealkylation sites (tertiary alicyclic amines) is 1. The van der Waals surface area contributed by atoms with Gasteiger partial charge in [0.2, 0.25) is 0 Å². The van der Waals surface area contributed by atoms with Gasteiger partial charge in [0.25, 0.3) is 0 Å². The average molecular weight is 476 g/mol. The van der Waals surface area contributed by atoms with Crippen molar-refractivity contribution in [3.63, 3.8) is 0 Å². The maximum Gasteiger partial charge on any atom is 0.178 e. The maximum atomic E-state index is 14.0.